The van der Waals surface area contributed by atoms with Crippen molar-refractivity contribution in [2.45, 2.75) is 83.1 Å². The number of aliphatic imine (C=N–C) groups is 4. The number of aromatic amines is 4. The third kappa shape index (κ3) is 9.02. The minimum absolute atomic E-state index is 0.340. The lowest BCUT2D eigenvalue weighted by molar-refractivity contribution is 0.526. The number of hydrogen-bond donors (Lipinski definition) is 4. The molecule has 84 heavy (non-hydrogen) atoms. The number of aryl methyl sites for hydroxylation is 12. The van der Waals surface area contributed by atoms with Gasteiger partial charge in [0.2, 0.25) is 23.6 Å². The van der Waals surface area contributed by atoms with Crippen molar-refractivity contribution in [2.75, 3.05) is 0 Å². The number of aromatic nitrogens is 4. The second-order valence-corrected chi connectivity index (χ2v) is 23.0. The maximum absolute atomic E-state index is 7.21. The van der Waals surface area contributed by atoms with Crippen LogP contribution in [0.4, 0.5) is 0 Å². The van der Waals surface area contributed by atoms with Crippen LogP contribution in [0.5, 0.6) is 23.5 Å². The Labute approximate surface area is 488 Å². The van der Waals surface area contributed by atoms with Gasteiger partial charge in [0.05, 0.1) is 56.7 Å². The number of H-pyrrole nitrogens is 4. The Morgan fingerprint density at radius 2 is 0.548 bits per heavy atom. The van der Waals surface area contributed by atoms with Crippen LogP contribution in [-0.4, -0.2) is 43.5 Å². The molecule has 6 aliphatic heterocycles. The fraction of sp³-hybridized carbons (Fsp3) is 0.167. The summed E-state index contributed by atoms with van der Waals surface area (Å²) in [5, 5.41) is 0. The minimum Gasteiger partial charge on any atom is -0.423 e. The van der Waals surface area contributed by atoms with Crippen LogP contribution in [0.3, 0.4) is 0 Å². The molecule has 4 N–H and O–H groups in total. The third-order valence-corrected chi connectivity index (χ3v) is 16.3. The number of benzene rings is 4. The van der Waals surface area contributed by atoms with Gasteiger partial charge in [0.15, 0.2) is 23.5 Å². The number of fused-ring (bicyclic) bond motifs is 12. The summed E-state index contributed by atoms with van der Waals surface area (Å²) >= 11 is 0. The van der Waals surface area contributed by atoms with Crippen LogP contribution in [0.15, 0.2) is 187 Å². The molecule has 0 unspecified atom stereocenters. The van der Waals surface area contributed by atoms with Crippen molar-refractivity contribution in [3.05, 3.63) is 279 Å². The topological polar surface area (TPSA) is 150 Å². The number of rotatable bonds is 5. The normalized spacial score (nSPS) is 16.1. The number of nitrogens with one attached hydrogen (secondary N) is 4. The van der Waals surface area contributed by atoms with Crippen molar-refractivity contribution in [1.82, 2.24) is 19.9 Å². The lowest BCUT2D eigenvalue weighted by Crippen LogP contribution is -2.18. The van der Waals surface area contributed by atoms with Gasteiger partial charge < -0.3 is 38.9 Å². The number of ether oxygens (including phenoxy) is 4. The molecule has 4 aromatic heterocycles. The Morgan fingerprint density at radius 1 is 0.286 bits per heavy atom. The Bertz CT molecular complexity index is 4280. The van der Waals surface area contributed by atoms with Gasteiger partial charge in [-0.2, -0.15) is 0 Å². The first-order chi connectivity index (χ1) is 40.5. The first kappa shape index (κ1) is 51.9. The van der Waals surface area contributed by atoms with E-state index in [1.807, 2.05) is 72.8 Å². The van der Waals surface area contributed by atoms with E-state index in [4.69, 9.17) is 38.9 Å². The van der Waals surface area contributed by atoms with Gasteiger partial charge in [-0.3, -0.25) is 0 Å². The molecule has 6 aliphatic rings. The molecule has 0 aliphatic carbocycles. The van der Waals surface area contributed by atoms with Gasteiger partial charge in [0.1, 0.15) is 0 Å². The lowest BCUT2D eigenvalue weighted by Gasteiger charge is -2.16. The highest BCUT2D eigenvalue weighted by molar-refractivity contribution is 6.17. The average molecular weight is 1100 g/mol. The second-order valence-electron chi connectivity index (χ2n) is 23.0. The molecule has 16 bridgehead atoms. The number of hydrogen-bond acceptors (Lipinski definition) is 8. The van der Waals surface area contributed by atoms with E-state index < -0.39 is 0 Å². The fourth-order valence-electron chi connectivity index (χ4n) is 13.3. The van der Waals surface area contributed by atoms with E-state index in [0.717, 1.165) is 134 Å². The van der Waals surface area contributed by atoms with E-state index >= 15 is 0 Å². The highest BCUT2D eigenvalue weighted by Crippen LogP contribution is 2.44. The predicted octanol–water partition coefficient (Wildman–Crippen LogP) is 16.0. The molecular weight excluding hydrogens is 1040 g/mol. The minimum atomic E-state index is 0.340. The van der Waals surface area contributed by atoms with Gasteiger partial charge in [-0.15, -0.1) is 0 Å². The summed E-state index contributed by atoms with van der Waals surface area (Å²) in [6, 6.07) is 33.7. The predicted molar refractivity (Wildman–Crippen MR) is 337 cm³/mol. The lowest BCUT2D eigenvalue weighted by atomic mass is 9.90. The van der Waals surface area contributed by atoms with Gasteiger partial charge in [-0.1, -0.05) is 70.8 Å². The van der Waals surface area contributed by atoms with E-state index in [1.54, 1.807) is 0 Å². The van der Waals surface area contributed by atoms with Gasteiger partial charge >= 0.3 is 0 Å². The molecule has 0 amide bonds. The quantitative estimate of drug-likeness (QED) is 0.136. The molecule has 0 saturated heterocycles. The van der Waals surface area contributed by atoms with Gasteiger partial charge in [-0.25, -0.2) is 20.0 Å². The molecule has 8 aromatic rings. The standard InChI is InChI=1S/C72H62N8O4/c1-35-25-39(5)63(40(6)26-35)67-49-13-19-57(73-49)81-59-21-15-53(75-59)69(65-43(9)29-37(3)30-44(65)10)55-33-47(71(79-55)83-61-23-17-51(67)77-61)48-34-56-70(66-45(11)31-38(4)32-46(66)12)54-16-22-60(76-54)82-58-20-14-50(74-58)68(64-41(7)27-36(2)28-42(64)8)52-18-24-62(78-52)84-72(48)80-56/h13-34,75-78H,1-12H3. The zero-order valence-electron chi connectivity index (χ0n) is 49.1. The summed E-state index contributed by atoms with van der Waals surface area (Å²) in [4.78, 5) is 36.0. The van der Waals surface area contributed by atoms with Crippen LogP contribution in [0.25, 0.3) is 22.3 Å². The van der Waals surface area contributed by atoms with Gasteiger partial charge in [0.25, 0.3) is 0 Å². The summed E-state index contributed by atoms with van der Waals surface area (Å²) < 4.78 is 27.7. The van der Waals surface area contributed by atoms with Crippen molar-refractivity contribution in [3.8, 4) is 23.5 Å². The van der Waals surface area contributed by atoms with Crippen molar-refractivity contribution in [1.29, 1.82) is 0 Å². The van der Waals surface area contributed by atoms with Gasteiger partial charge in [0, 0.05) is 58.7 Å². The number of nitrogens with zero attached hydrogens (tertiary/aromatic N) is 4. The first-order valence-corrected chi connectivity index (χ1v) is 28.4. The molecule has 10 heterocycles. The molecule has 4 aromatic carbocycles. The van der Waals surface area contributed by atoms with Crippen LogP contribution in [0.1, 0.15) is 112 Å². The largest absolute Gasteiger partial charge is 0.423 e. The van der Waals surface area contributed by atoms with Crippen molar-refractivity contribution in [2.24, 2.45) is 20.0 Å². The maximum atomic E-state index is 7.21. The zero-order chi connectivity index (χ0) is 58.0. The van der Waals surface area contributed by atoms with Gasteiger partial charge in [-0.05, 0) is 198 Å². The molecule has 0 fully saturated rings. The van der Waals surface area contributed by atoms with E-state index in [9.17, 15) is 0 Å². The third-order valence-electron chi connectivity index (χ3n) is 16.3. The first-order valence-electron chi connectivity index (χ1n) is 28.4. The SMILES string of the molecule is Cc1cc(C)c(C2=C3C=C(C4=CC5=C(c6c(C)cc(C)cc6C)c6ccc([nH]6)OC6=NC(=C(c7c(C)cc(C)cc7C)c7ccc([nH]7)OC4=N5)C=C6)C(=N3)Oc3ccc([nH]3)C(c3c(C)cc(C)cc3C)=C3C=CC(=N3)Oc3ccc2[nH]3)c(C)c1. The molecule has 0 atom stereocenters. The summed E-state index contributed by atoms with van der Waals surface area (Å²) in [6.07, 6.45) is 12.1. The monoisotopic (exact) mass is 1100 g/mol. The molecule has 414 valence electrons. The number of allylic oxidation sites excluding steroid dienone is 4. The Balaban J connectivity index is 1.02. The molecule has 0 saturated carbocycles. The summed E-state index contributed by atoms with van der Waals surface area (Å²) in [5.41, 5.74) is 28.7. The highest BCUT2D eigenvalue weighted by atomic mass is 16.5. The molecular formula is C72H62N8O4. The van der Waals surface area contributed by atoms with E-state index in [-0.39, 0.29) is 0 Å². The molecule has 14 rings (SSSR count). The molecule has 12 nitrogen and oxygen atoms in total. The van der Waals surface area contributed by atoms with E-state index in [2.05, 4.69) is 164 Å². The second kappa shape index (κ2) is 19.8. The zero-order valence-corrected chi connectivity index (χ0v) is 49.1. The van der Waals surface area contributed by atoms with Crippen LogP contribution in [0.2, 0.25) is 0 Å². The average Bonchev–Trinajstić information content (AvgIpc) is 4.38. The van der Waals surface area contributed by atoms with E-state index in [1.165, 1.54) is 11.1 Å². The van der Waals surface area contributed by atoms with Crippen molar-refractivity contribution >= 4 is 45.9 Å². The van der Waals surface area contributed by atoms with Crippen LogP contribution >= 0.6 is 0 Å². The maximum Gasteiger partial charge on any atom is 0.229 e. The van der Waals surface area contributed by atoms with Crippen molar-refractivity contribution in [3.63, 3.8) is 0 Å². The fourth-order valence-corrected chi connectivity index (χ4v) is 13.3. The highest BCUT2D eigenvalue weighted by Gasteiger charge is 2.35. The molecule has 12 heteroatoms. The Morgan fingerprint density at radius 3 is 0.833 bits per heavy atom. The van der Waals surface area contributed by atoms with Crippen LogP contribution in [0, 0.1) is 83.1 Å². The van der Waals surface area contributed by atoms with Crippen LogP contribution in [-0.2, 0) is 0 Å². The Kier molecular flexibility index (Phi) is 12.2. The van der Waals surface area contributed by atoms with E-state index in [0.29, 0.717) is 69.7 Å². The smallest absolute Gasteiger partial charge is 0.229 e. The molecule has 0 spiro atoms. The summed E-state index contributed by atoms with van der Waals surface area (Å²) in [7, 11) is 0. The Hall–Kier alpha value is -10.2. The van der Waals surface area contributed by atoms with Crippen molar-refractivity contribution < 1.29 is 18.9 Å². The summed E-state index contributed by atoms with van der Waals surface area (Å²) in [6.45, 7) is 25.7. The molecule has 0 radical (unpaired) electrons. The van der Waals surface area contributed by atoms with Crippen LogP contribution < -0.4 is 18.9 Å². The summed E-state index contributed by atoms with van der Waals surface area (Å²) in [5.74, 6) is 3.62.